The van der Waals surface area contributed by atoms with Crippen LogP contribution in [0.2, 0.25) is 0 Å². The van der Waals surface area contributed by atoms with Crippen LogP contribution in [-0.2, 0) is 11.3 Å². The third-order valence-electron chi connectivity index (χ3n) is 3.49. The summed E-state index contributed by atoms with van der Waals surface area (Å²) in [4.78, 5) is 6.94. The van der Waals surface area contributed by atoms with Crippen LogP contribution in [0.4, 0.5) is 5.82 Å². The normalized spacial score (nSPS) is 18.6. The lowest BCUT2D eigenvalue weighted by molar-refractivity contribution is 0.0639. The number of rotatable bonds is 5. The number of pyridine rings is 1. The molecule has 0 atom stereocenters. The van der Waals surface area contributed by atoms with Gasteiger partial charge in [-0.05, 0) is 38.4 Å². The van der Waals surface area contributed by atoms with E-state index in [4.69, 9.17) is 4.74 Å². The molecule has 1 aromatic rings. The van der Waals surface area contributed by atoms with Crippen LogP contribution in [0.5, 0.6) is 0 Å². The molecule has 2 heterocycles. The van der Waals surface area contributed by atoms with E-state index < -0.39 is 0 Å². The first kappa shape index (κ1) is 14.3. The van der Waals surface area contributed by atoms with Gasteiger partial charge < -0.3 is 15.0 Å². The molecule has 1 N–H and O–H groups in total. The van der Waals surface area contributed by atoms with E-state index in [0.717, 1.165) is 45.1 Å². The van der Waals surface area contributed by atoms with E-state index in [-0.39, 0.29) is 5.54 Å². The molecule has 1 aliphatic heterocycles. The minimum absolute atomic E-state index is 0.0211. The summed E-state index contributed by atoms with van der Waals surface area (Å²) in [6, 6.07) is 4.28. The highest BCUT2D eigenvalue weighted by Crippen LogP contribution is 2.25. The smallest absolute Gasteiger partial charge is 0.129 e. The van der Waals surface area contributed by atoms with Gasteiger partial charge in [0.25, 0.3) is 0 Å². The first-order valence-electron chi connectivity index (χ1n) is 7.14. The number of hydrogen-bond acceptors (Lipinski definition) is 4. The fourth-order valence-corrected chi connectivity index (χ4v) is 2.37. The number of aromatic nitrogens is 1. The molecule has 0 bridgehead atoms. The SMILES string of the molecule is CCCNCc1ccc(N2CCOCC2(C)C)nc1. The van der Waals surface area contributed by atoms with Gasteiger partial charge in [-0.1, -0.05) is 13.0 Å². The Hall–Kier alpha value is -1.13. The lowest BCUT2D eigenvalue weighted by Gasteiger charge is -2.43. The average Bonchev–Trinajstić information content (AvgIpc) is 2.40. The molecular weight excluding hydrogens is 238 g/mol. The van der Waals surface area contributed by atoms with Crippen LogP contribution in [-0.4, -0.2) is 36.8 Å². The standard InChI is InChI=1S/C15H25N3O/c1-4-7-16-10-13-5-6-14(17-11-13)18-8-9-19-12-15(18,2)3/h5-6,11,16H,4,7-10,12H2,1-3H3. The van der Waals surface area contributed by atoms with E-state index in [0.29, 0.717) is 0 Å². The van der Waals surface area contributed by atoms with Crippen LogP contribution in [0.25, 0.3) is 0 Å². The second kappa shape index (κ2) is 6.35. The molecule has 1 fully saturated rings. The highest BCUT2D eigenvalue weighted by molar-refractivity contribution is 5.43. The second-order valence-electron chi connectivity index (χ2n) is 5.72. The van der Waals surface area contributed by atoms with Crippen molar-refractivity contribution in [3.8, 4) is 0 Å². The van der Waals surface area contributed by atoms with Gasteiger partial charge in [-0.15, -0.1) is 0 Å². The largest absolute Gasteiger partial charge is 0.377 e. The predicted molar refractivity (Wildman–Crippen MR) is 78.5 cm³/mol. The van der Waals surface area contributed by atoms with Crippen molar-refractivity contribution in [2.75, 3.05) is 31.2 Å². The van der Waals surface area contributed by atoms with E-state index in [2.05, 4.69) is 48.1 Å². The minimum Gasteiger partial charge on any atom is -0.377 e. The number of anilines is 1. The predicted octanol–water partition coefficient (Wildman–Crippen LogP) is 2.20. The van der Waals surface area contributed by atoms with E-state index in [1.54, 1.807) is 0 Å². The first-order chi connectivity index (χ1) is 9.13. The monoisotopic (exact) mass is 263 g/mol. The fraction of sp³-hybridized carbons (Fsp3) is 0.667. The summed E-state index contributed by atoms with van der Waals surface area (Å²) >= 11 is 0. The van der Waals surface area contributed by atoms with Gasteiger partial charge in [0.1, 0.15) is 5.82 Å². The molecule has 1 aromatic heterocycles. The highest BCUT2D eigenvalue weighted by atomic mass is 16.5. The maximum absolute atomic E-state index is 5.55. The van der Waals surface area contributed by atoms with Gasteiger partial charge in [-0.3, -0.25) is 0 Å². The molecule has 0 aliphatic carbocycles. The quantitative estimate of drug-likeness (QED) is 0.826. The zero-order valence-corrected chi connectivity index (χ0v) is 12.3. The molecule has 0 unspecified atom stereocenters. The number of morpholine rings is 1. The minimum atomic E-state index is 0.0211. The number of hydrogen-bond donors (Lipinski definition) is 1. The summed E-state index contributed by atoms with van der Waals surface area (Å²) in [5, 5.41) is 3.39. The maximum Gasteiger partial charge on any atom is 0.129 e. The Balaban J connectivity index is 2.01. The molecule has 106 valence electrons. The van der Waals surface area contributed by atoms with E-state index in [1.807, 2.05) is 6.20 Å². The van der Waals surface area contributed by atoms with Crippen molar-refractivity contribution in [2.45, 2.75) is 39.3 Å². The molecule has 19 heavy (non-hydrogen) atoms. The zero-order chi connectivity index (χ0) is 13.7. The van der Waals surface area contributed by atoms with Crippen molar-refractivity contribution in [3.05, 3.63) is 23.9 Å². The Bertz CT molecular complexity index is 389. The van der Waals surface area contributed by atoms with Crippen molar-refractivity contribution in [2.24, 2.45) is 0 Å². The average molecular weight is 263 g/mol. The lowest BCUT2D eigenvalue weighted by Crippen LogP contribution is -2.53. The number of nitrogens with one attached hydrogen (secondary N) is 1. The van der Waals surface area contributed by atoms with E-state index in [1.165, 1.54) is 5.56 Å². The van der Waals surface area contributed by atoms with Crippen LogP contribution in [0.3, 0.4) is 0 Å². The van der Waals surface area contributed by atoms with Gasteiger partial charge in [0.05, 0.1) is 18.8 Å². The van der Waals surface area contributed by atoms with Gasteiger partial charge in [0.15, 0.2) is 0 Å². The van der Waals surface area contributed by atoms with E-state index >= 15 is 0 Å². The summed E-state index contributed by atoms with van der Waals surface area (Å²) in [5.74, 6) is 1.05. The van der Waals surface area contributed by atoms with Crippen molar-refractivity contribution >= 4 is 5.82 Å². The summed E-state index contributed by atoms with van der Waals surface area (Å²) in [6.07, 6.45) is 3.14. The third-order valence-corrected chi connectivity index (χ3v) is 3.49. The molecular formula is C15H25N3O. The Morgan fingerprint density at radius 3 is 2.89 bits per heavy atom. The molecule has 0 amide bonds. The van der Waals surface area contributed by atoms with Crippen LogP contribution < -0.4 is 10.2 Å². The molecule has 1 saturated heterocycles. The molecule has 0 radical (unpaired) electrons. The van der Waals surface area contributed by atoms with Gasteiger partial charge in [0.2, 0.25) is 0 Å². The van der Waals surface area contributed by atoms with Crippen molar-refractivity contribution in [3.63, 3.8) is 0 Å². The topological polar surface area (TPSA) is 37.4 Å². The molecule has 4 nitrogen and oxygen atoms in total. The van der Waals surface area contributed by atoms with Gasteiger partial charge >= 0.3 is 0 Å². The first-order valence-corrected chi connectivity index (χ1v) is 7.14. The van der Waals surface area contributed by atoms with Crippen molar-refractivity contribution < 1.29 is 4.74 Å². The fourth-order valence-electron chi connectivity index (χ4n) is 2.37. The van der Waals surface area contributed by atoms with Crippen LogP contribution in [0.15, 0.2) is 18.3 Å². The molecule has 0 aromatic carbocycles. The van der Waals surface area contributed by atoms with Gasteiger partial charge in [-0.2, -0.15) is 0 Å². The van der Waals surface area contributed by atoms with Crippen LogP contribution in [0.1, 0.15) is 32.8 Å². The summed E-state index contributed by atoms with van der Waals surface area (Å²) in [7, 11) is 0. The molecule has 2 rings (SSSR count). The Kier molecular flexibility index (Phi) is 4.77. The summed E-state index contributed by atoms with van der Waals surface area (Å²) < 4.78 is 5.55. The van der Waals surface area contributed by atoms with Crippen LogP contribution >= 0.6 is 0 Å². The highest BCUT2D eigenvalue weighted by Gasteiger charge is 2.31. The van der Waals surface area contributed by atoms with Crippen LogP contribution in [0, 0.1) is 0 Å². The number of ether oxygens (including phenoxy) is 1. The lowest BCUT2D eigenvalue weighted by atomic mass is 10.0. The van der Waals surface area contributed by atoms with Crippen molar-refractivity contribution in [1.29, 1.82) is 0 Å². The summed E-state index contributed by atoms with van der Waals surface area (Å²) in [5.41, 5.74) is 1.26. The Labute approximate surface area is 116 Å². The second-order valence-corrected chi connectivity index (χ2v) is 5.72. The molecule has 1 aliphatic rings. The zero-order valence-electron chi connectivity index (χ0n) is 12.3. The maximum atomic E-state index is 5.55. The molecule has 0 spiro atoms. The molecule has 4 heteroatoms. The van der Waals surface area contributed by atoms with Gasteiger partial charge in [-0.25, -0.2) is 4.98 Å². The number of nitrogens with zero attached hydrogens (tertiary/aromatic N) is 2. The van der Waals surface area contributed by atoms with Gasteiger partial charge in [0, 0.05) is 19.3 Å². The third kappa shape index (κ3) is 3.67. The Morgan fingerprint density at radius 2 is 2.26 bits per heavy atom. The van der Waals surface area contributed by atoms with Crippen molar-refractivity contribution in [1.82, 2.24) is 10.3 Å². The molecule has 0 saturated carbocycles. The summed E-state index contributed by atoms with van der Waals surface area (Å²) in [6.45, 7) is 11.0. The van der Waals surface area contributed by atoms with E-state index in [9.17, 15) is 0 Å². The Morgan fingerprint density at radius 1 is 1.42 bits per heavy atom.